The fourth-order valence-electron chi connectivity index (χ4n) is 3.42. The summed E-state index contributed by atoms with van der Waals surface area (Å²) >= 11 is 0. The van der Waals surface area contributed by atoms with Gasteiger partial charge in [-0.1, -0.05) is 42.5 Å². The topological polar surface area (TPSA) is 66.0 Å². The average Bonchev–Trinajstić information content (AvgIpc) is 2.76. The Hall–Kier alpha value is -3.02. The molecule has 2 aromatic carbocycles. The number of aliphatic imine (C=N–C) groups is 1. The number of guanidine groups is 1. The first kappa shape index (κ1) is 20.7. The van der Waals surface area contributed by atoms with Gasteiger partial charge >= 0.3 is 0 Å². The van der Waals surface area contributed by atoms with E-state index in [4.69, 9.17) is 4.74 Å². The summed E-state index contributed by atoms with van der Waals surface area (Å²) in [6.45, 7) is 7.46. The maximum atomic E-state index is 12.7. The van der Waals surface area contributed by atoms with E-state index >= 15 is 0 Å². The van der Waals surface area contributed by atoms with E-state index in [2.05, 4.69) is 33.8 Å². The Kier molecular flexibility index (Phi) is 7.50. The molecule has 1 amide bonds. The van der Waals surface area contributed by atoms with Gasteiger partial charge in [-0.05, 0) is 37.5 Å². The van der Waals surface area contributed by atoms with Crippen LogP contribution in [0.5, 0.6) is 5.75 Å². The monoisotopic (exact) mass is 394 g/mol. The van der Waals surface area contributed by atoms with Gasteiger partial charge in [0.2, 0.25) is 5.91 Å². The molecule has 0 spiro atoms. The Morgan fingerprint density at radius 3 is 2.62 bits per heavy atom. The van der Waals surface area contributed by atoms with E-state index in [1.165, 1.54) is 11.1 Å². The molecule has 6 heteroatoms. The van der Waals surface area contributed by atoms with Crippen LogP contribution in [0.3, 0.4) is 0 Å². The van der Waals surface area contributed by atoms with Crippen molar-refractivity contribution >= 4 is 11.9 Å². The van der Waals surface area contributed by atoms with Gasteiger partial charge in [-0.25, -0.2) is 4.99 Å². The largest absolute Gasteiger partial charge is 0.494 e. The summed E-state index contributed by atoms with van der Waals surface area (Å²) in [4.78, 5) is 19.2. The summed E-state index contributed by atoms with van der Waals surface area (Å²) in [6.07, 6.45) is 0.907. The third-order valence-corrected chi connectivity index (χ3v) is 4.91. The van der Waals surface area contributed by atoms with Gasteiger partial charge < -0.3 is 20.3 Å². The lowest BCUT2D eigenvalue weighted by atomic mass is 10.00. The van der Waals surface area contributed by atoms with E-state index in [-0.39, 0.29) is 12.5 Å². The number of fused-ring (bicyclic) bond motifs is 1. The zero-order valence-corrected chi connectivity index (χ0v) is 17.3. The maximum absolute atomic E-state index is 12.7. The standard InChI is InChI=1S/C23H30N4O2/c1-3-24-23(25-15-19-10-7-8-12-21(19)29-4-2)26-16-22(28)27-14-13-18-9-5-6-11-20(18)17-27/h5-12H,3-4,13-17H2,1-2H3,(H2,24,25,26). The number of hydrogen-bond acceptors (Lipinski definition) is 3. The van der Waals surface area contributed by atoms with Crippen LogP contribution in [0.25, 0.3) is 0 Å². The molecule has 0 saturated heterocycles. The number of carbonyl (C=O) groups excluding carboxylic acids is 1. The van der Waals surface area contributed by atoms with Gasteiger partial charge in [-0.2, -0.15) is 0 Å². The van der Waals surface area contributed by atoms with Crippen molar-refractivity contribution in [3.8, 4) is 5.75 Å². The highest BCUT2D eigenvalue weighted by Gasteiger charge is 2.20. The first-order chi connectivity index (χ1) is 14.2. The van der Waals surface area contributed by atoms with Crippen molar-refractivity contribution in [3.63, 3.8) is 0 Å². The van der Waals surface area contributed by atoms with Crippen molar-refractivity contribution in [1.29, 1.82) is 0 Å². The molecular formula is C23H30N4O2. The van der Waals surface area contributed by atoms with Crippen LogP contribution >= 0.6 is 0 Å². The van der Waals surface area contributed by atoms with Crippen LogP contribution < -0.4 is 15.4 Å². The highest BCUT2D eigenvalue weighted by Crippen LogP contribution is 2.19. The van der Waals surface area contributed by atoms with Crippen LogP contribution in [-0.2, 0) is 24.3 Å². The molecule has 0 fully saturated rings. The van der Waals surface area contributed by atoms with Crippen LogP contribution in [0.15, 0.2) is 53.5 Å². The fourth-order valence-corrected chi connectivity index (χ4v) is 3.42. The second-order valence-corrected chi connectivity index (χ2v) is 6.92. The van der Waals surface area contributed by atoms with Gasteiger partial charge in [0, 0.05) is 25.2 Å². The van der Waals surface area contributed by atoms with Crippen LogP contribution in [0.4, 0.5) is 0 Å². The van der Waals surface area contributed by atoms with Crippen molar-refractivity contribution in [2.75, 3.05) is 26.2 Å². The zero-order valence-electron chi connectivity index (χ0n) is 17.3. The van der Waals surface area contributed by atoms with E-state index in [1.807, 2.05) is 49.1 Å². The predicted octanol–water partition coefficient (Wildman–Crippen LogP) is 2.73. The van der Waals surface area contributed by atoms with Crippen LogP contribution in [0, 0.1) is 0 Å². The molecule has 154 valence electrons. The molecule has 1 heterocycles. The first-order valence-electron chi connectivity index (χ1n) is 10.3. The number of nitrogens with one attached hydrogen (secondary N) is 2. The number of amides is 1. The molecule has 0 saturated carbocycles. The normalized spacial score (nSPS) is 13.6. The molecule has 2 aromatic rings. The van der Waals surface area contributed by atoms with E-state index in [9.17, 15) is 4.79 Å². The predicted molar refractivity (Wildman–Crippen MR) is 116 cm³/mol. The lowest BCUT2D eigenvalue weighted by Crippen LogP contribution is -2.45. The molecule has 2 N–H and O–H groups in total. The van der Waals surface area contributed by atoms with E-state index < -0.39 is 0 Å². The van der Waals surface area contributed by atoms with Gasteiger partial charge in [0.15, 0.2) is 5.96 Å². The highest BCUT2D eigenvalue weighted by molar-refractivity contribution is 5.86. The molecule has 29 heavy (non-hydrogen) atoms. The smallest absolute Gasteiger partial charge is 0.242 e. The third-order valence-electron chi connectivity index (χ3n) is 4.91. The Balaban J connectivity index is 1.58. The quantitative estimate of drug-likeness (QED) is 0.560. The SMILES string of the molecule is CCNC(=NCc1ccccc1OCC)NCC(=O)N1CCc2ccccc2C1. The Morgan fingerprint density at radius 2 is 1.83 bits per heavy atom. The lowest BCUT2D eigenvalue weighted by molar-refractivity contribution is -0.130. The minimum Gasteiger partial charge on any atom is -0.494 e. The average molecular weight is 395 g/mol. The number of hydrogen-bond donors (Lipinski definition) is 2. The molecule has 0 atom stereocenters. The Morgan fingerprint density at radius 1 is 1.07 bits per heavy atom. The number of benzene rings is 2. The van der Waals surface area contributed by atoms with Gasteiger partial charge in [0.05, 0.1) is 19.7 Å². The van der Waals surface area contributed by atoms with Gasteiger partial charge in [0.25, 0.3) is 0 Å². The van der Waals surface area contributed by atoms with Gasteiger partial charge in [0.1, 0.15) is 5.75 Å². The first-order valence-corrected chi connectivity index (χ1v) is 10.3. The lowest BCUT2D eigenvalue weighted by Gasteiger charge is -2.29. The van der Waals surface area contributed by atoms with Crippen LogP contribution in [0.2, 0.25) is 0 Å². The van der Waals surface area contributed by atoms with Crippen molar-refractivity contribution < 1.29 is 9.53 Å². The molecule has 6 nitrogen and oxygen atoms in total. The second kappa shape index (κ2) is 10.5. The molecule has 3 rings (SSSR count). The number of para-hydroxylation sites is 1. The van der Waals surface area contributed by atoms with E-state index in [0.717, 1.165) is 30.8 Å². The fraction of sp³-hybridized carbons (Fsp3) is 0.391. The minimum absolute atomic E-state index is 0.0832. The summed E-state index contributed by atoms with van der Waals surface area (Å²) in [5.41, 5.74) is 3.60. The number of carbonyl (C=O) groups is 1. The zero-order chi connectivity index (χ0) is 20.5. The van der Waals surface area contributed by atoms with E-state index in [0.29, 0.717) is 25.7 Å². The summed E-state index contributed by atoms with van der Waals surface area (Å²) in [6, 6.07) is 16.2. The van der Waals surface area contributed by atoms with Crippen molar-refractivity contribution in [1.82, 2.24) is 15.5 Å². The molecule has 1 aliphatic heterocycles. The van der Waals surface area contributed by atoms with Crippen molar-refractivity contribution in [2.24, 2.45) is 4.99 Å². The van der Waals surface area contributed by atoms with Gasteiger partial charge in [-0.15, -0.1) is 0 Å². The van der Waals surface area contributed by atoms with Crippen LogP contribution in [0.1, 0.15) is 30.5 Å². The highest BCUT2D eigenvalue weighted by atomic mass is 16.5. The van der Waals surface area contributed by atoms with Gasteiger partial charge in [-0.3, -0.25) is 4.79 Å². The molecule has 0 unspecified atom stereocenters. The molecule has 0 radical (unpaired) electrons. The van der Waals surface area contributed by atoms with E-state index in [1.54, 1.807) is 0 Å². The molecule has 0 aliphatic carbocycles. The summed E-state index contributed by atoms with van der Waals surface area (Å²) in [5.74, 6) is 1.56. The van der Waals surface area contributed by atoms with Crippen LogP contribution in [-0.4, -0.2) is 43.0 Å². The Bertz CT molecular complexity index is 850. The van der Waals surface area contributed by atoms with Crippen molar-refractivity contribution in [2.45, 2.75) is 33.4 Å². The number of ether oxygens (including phenoxy) is 1. The molecule has 1 aliphatic rings. The molecular weight excluding hydrogens is 364 g/mol. The summed E-state index contributed by atoms with van der Waals surface area (Å²) in [7, 11) is 0. The van der Waals surface area contributed by atoms with Crippen molar-refractivity contribution in [3.05, 3.63) is 65.2 Å². The maximum Gasteiger partial charge on any atom is 0.242 e. The number of nitrogens with zero attached hydrogens (tertiary/aromatic N) is 2. The second-order valence-electron chi connectivity index (χ2n) is 6.92. The third kappa shape index (κ3) is 5.73. The molecule has 0 bridgehead atoms. The molecule has 0 aromatic heterocycles. The number of rotatable bonds is 7. The minimum atomic E-state index is 0.0832. The Labute approximate surface area is 173 Å². The summed E-state index contributed by atoms with van der Waals surface area (Å²) in [5, 5.41) is 6.38. The summed E-state index contributed by atoms with van der Waals surface area (Å²) < 4.78 is 5.66.